The van der Waals surface area contributed by atoms with Gasteiger partial charge in [0.1, 0.15) is 17.9 Å². The van der Waals surface area contributed by atoms with Crippen LogP contribution in [0.2, 0.25) is 5.02 Å². The molecule has 0 fully saturated rings. The number of hydrogen-bond acceptors (Lipinski definition) is 7. The van der Waals surface area contributed by atoms with Crippen molar-refractivity contribution in [3.05, 3.63) is 40.4 Å². The Balaban J connectivity index is 1.79. The van der Waals surface area contributed by atoms with Crippen molar-refractivity contribution in [3.8, 4) is 28.7 Å². The number of benzene rings is 2. The molecule has 0 atom stereocenters. The molecule has 0 amide bonds. The van der Waals surface area contributed by atoms with Gasteiger partial charge in [-0.25, -0.2) is 4.79 Å². The first-order chi connectivity index (χ1) is 13.6. The molecule has 2 aromatic rings. The molecule has 0 radical (unpaired) electrons. The van der Waals surface area contributed by atoms with E-state index in [1.807, 2.05) is 0 Å². The van der Waals surface area contributed by atoms with E-state index in [-0.39, 0.29) is 12.2 Å². The second-order valence-corrected chi connectivity index (χ2v) is 6.35. The molecular formula is C20H21ClO7. The van der Waals surface area contributed by atoms with Crippen LogP contribution in [0.15, 0.2) is 24.3 Å². The zero-order valence-electron chi connectivity index (χ0n) is 15.9. The van der Waals surface area contributed by atoms with E-state index in [1.54, 1.807) is 18.2 Å². The predicted octanol–water partition coefficient (Wildman–Crippen LogP) is 3.88. The summed E-state index contributed by atoms with van der Waals surface area (Å²) >= 11 is 6.28. The average Bonchev–Trinajstić information content (AvgIpc) is 2.96. The molecule has 7 nitrogen and oxygen atoms in total. The molecule has 2 aromatic carbocycles. The lowest BCUT2D eigenvalue weighted by molar-refractivity contribution is 0.0468. The van der Waals surface area contributed by atoms with Crippen LogP contribution in [0, 0.1) is 0 Å². The summed E-state index contributed by atoms with van der Waals surface area (Å²) in [5.74, 6) is 1.65. The van der Waals surface area contributed by atoms with Gasteiger partial charge in [0.25, 0.3) is 0 Å². The average molecular weight is 409 g/mol. The molecule has 8 heteroatoms. The zero-order chi connectivity index (χ0) is 20.1. The Kier molecular flexibility index (Phi) is 6.36. The van der Waals surface area contributed by atoms with Crippen LogP contribution < -0.4 is 23.7 Å². The minimum atomic E-state index is -0.568. The number of esters is 1. The zero-order valence-corrected chi connectivity index (χ0v) is 16.6. The molecule has 0 saturated heterocycles. The largest absolute Gasteiger partial charge is 0.496 e. The second kappa shape index (κ2) is 8.93. The monoisotopic (exact) mass is 408 g/mol. The number of carbonyl (C=O) groups is 1. The van der Waals surface area contributed by atoms with E-state index in [0.29, 0.717) is 52.5 Å². The van der Waals surface area contributed by atoms with Gasteiger partial charge in [-0.1, -0.05) is 11.6 Å². The molecule has 0 bridgehead atoms. The topological polar surface area (TPSA) is 72.5 Å². The first kappa shape index (κ1) is 19.9. The van der Waals surface area contributed by atoms with Crippen molar-refractivity contribution in [3.63, 3.8) is 0 Å². The Labute approximate surface area is 168 Å². The van der Waals surface area contributed by atoms with Crippen LogP contribution in [0.25, 0.3) is 0 Å². The smallest absolute Gasteiger partial charge is 0.342 e. The SMILES string of the molecule is COc1cc(OC)c(C(=O)OCc2cc(Cl)c3c(c2)OCCCO3)cc1OC. The van der Waals surface area contributed by atoms with Gasteiger partial charge < -0.3 is 28.4 Å². The summed E-state index contributed by atoms with van der Waals surface area (Å²) in [5.41, 5.74) is 0.905. The standard InChI is InChI=1S/C20H21ClO7/c1-23-15-10-17(25-3)16(24-2)9-13(15)20(22)28-11-12-7-14(21)19-18(8-12)26-5-4-6-27-19/h7-10H,4-6,11H2,1-3H3. The molecule has 1 aliphatic heterocycles. The quantitative estimate of drug-likeness (QED) is 0.671. The molecule has 1 aliphatic rings. The molecule has 0 spiro atoms. The van der Waals surface area contributed by atoms with Crippen molar-refractivity contribution >= 4 is 17.6 Å². The molecule has 28 heavy (non-hydrogen) atoms. The number of hydrogen-bond donors (Lipinski definition) is 0. The molecule has 0 saturated carbocycles. The highest BCUT2D eigenvalue weighted by atomic mass is 35.5. The van der Waals surface area contributed by atoms with Gasteiger partial charge in [0.2, 0.25) is 0 Å². The number of fused-ring (bicyclic) bond motifs is 1. The first-order valence-electron chi connectivity index (χ1n) is 8.62. The predicted molar refractivity (Wildman–Crippen MR) is 102 cm³/mol. The number of carbonyl (C=O) groups excluding carboxylic acids is 1. The Morgan fingerprint density at radius 2 is 1.64 bits per heavy atom. The molecule has 0 unspecified atom stereocenters. The van der Waals surface area contributed by atoms with Crippen molar-refractivity contribution in [2.45, 2.75) is 13.0 Å². The lowest BCUT2D eigenvalue weighted by atomic mass is 10.1. The van der Waals surface area contributed by atoms with E-state index >= 15 is 0 Å². The van der Waals surface area contributed by atoms with Gasteiger partial charge in [0, 0.05) is 18.6 Å². The van der Waals surface area contributed by atoms with Crippen molar-refractivity contribution in [1.82, 2.24) is 0 Å². The van der Waals surface area contributed by atoms with Gasteiger partial charge in [0.05, 0.1) is 39.6 Å². The highest BCUT2D eigenvalue weighted by Gasteiger charge is 2.20. The third-order valence-electron chi connectivity index (χ3n) is 4.16. The highest BCUT2D eigenvalue weighted by Crippen LogP contribution is 2.38. The molecule has 0 aliphatic carbocycles. The summed E-state index contributed by atoms with van der Waals surface area (Å²) in [4.78, 5) is 12.6. The fourth-order valence-corrected chi connectivity index (χ4v) is 3.07. The maximum atomic E-state index is 12.6. The first-order valence-corrected chi connectivity index (χ1v) is 9.00. The second-order valence-electron chi connectivity index (χ2n) is 5.94. The van der Waals surface area contributed by atoms with E-state index < -0.39 is 5.97 Å². The van der Waals surface area contributed by atoms with Gasteiger partial charge in [-0.15, -0.1) is 0 Å². The normalized spacial score (nSPS) is 12.7. The summed E-state index contributed by atoms with van der Waals surface area (Å²) in [7, 11) is 4.45. The highest BCUT2D eigenvalue weighted by molar-refractivity contribution is 6.32. The van der Waals surface area contributed by atoms with Crippen LogP contribution in [0.5, 0.6) is 28.7 Å². The van der Waals surface area contributed by atoms with Crippen molar-refractivity contribution in [1.29, 1.82) is 0 Å². The Hall–Kier alpha value is -2.80. The fraction of sp³-hybridized carbons (Fsp3) is 0.350. The van der Waals surface area contributed by atoms with E-state index in [9.17, 15) is 4.79 Å². The van der Waals surface area contributed by atoms with Crippen LogP contribution in [0.3, 0.4) is 0 Å². The molecule has 0 N–H and O–H groups in total. The third-order valence-corrected chi connectivity index (χ3v) is 4.44. The van der Waals surface area contributed by atoms with Crippen LogP contribution in [0.4, 0.5) is 0 Å². The van der Waals surface area contributed by atoms with Gasteiger partial charge >= 0.3 is 5.97 Å². The lowest BCUT2D eigenvalue weighted by Crippen LogP contribution is -2.08. The number of halogens is 1. The van der Waals surface area contributed by atoms with Crippen LogP contribution in [-0.2, 0) is 11.3 Å². The van der Waals surface area contributed by atoms with Crippen molar-refractivity contribution < 1.29 is 33.2 Å². The van der Waals surface area contributed by atoms with Gasteiger partial charge in [-0.05, 0) is 17.7 Å². The molecule has 0 aromatic heterocycles. The number of ether oxygens (including phenoxy) is 6. The third kappa shape index (κ3) is 4.20. The van der Waals surface area contributed by atoms with E-state index in [0.717, 1.165) is 6.42 Å². The summed E-state index contributed by atoms with van der Waals surface area (Å²) in [5, 5.41) is 0.411. The molecule has 150 valence electrons. The summed E-state index contributed by atoms with van der Waals surface area (Å²) in [6.07, 6.45) is 0.772. The van der Waals surface area contributed by atoms with Crippen molar-refractivity contribution in [2.75, 3.05) is 34.5 Å². The van der Waals surface area contributed by atoms with Gasteiger partial charge in [0.15, 0.2) is 23.0 Å². The molecule has 3 rings (SSSR count). The van der Waals surface area contributed by atoms with Crippen LogP contribution >= 0.6 is 11.6 Å². The van der Waals surface area contributed by atoms with Crippen LogP contribution in [-0.4, -0.2) is 40.5 Å². The lowest BCUT2D eigenvalue weighted by Gasteiger charge is -2.14. The minimum absolute atomic E-state index is 0.00664. The number of methoxy groups -OCH3 is 3. The molecule has 1 heterocycles. The molecular weight excluding hydrogens is 388 g/mol. The summed E-state index contributed by atoms with van der Waals surface area (Å²) in [6.45, 7) is 1.09. The maximum absolute atomic E-state index is 12.6. The van der Waals surface area contributed by atoms with Gasteiger partial charge in [-0.3, -0.25) is 0 Å². The van der Waals surface area contributed by atoms with Crippen LogP contribution in [0.1, 0.15) is 22.3 Å². The Morgan fingerprint density at radius 1 is 0.964 bits per heavy atom. The van der Waals surface area contributed by atoms with E-state index in [4.69, 9.17) is 40.0 Å². The summed E-state index contributed by atoms with van der Waals surface area (Å²) in [6, 6.07) is 6.53. The van der Waals surface area contributed by atoms with E-state index in [2.05, 4.69) is 0 Å². The van der Waals surface area contributed by atoms with Crippen molar-refractivity contribution in [2.24, 2.45) is 0 Å². The Bertz CT molecular complexity index is 866. The minimum Gasteiger partial charge on any atom is -0.496 e. The summed E-state index contributed by atoms with van der Waals surface area (Å²) < 4.78 is 32.4. The fourth-order valence-electron chi connectivity index (χ4n) is 2.78. The maximum Gasteiger partial charge on any atom is 0.342 e. The van der Waals surface area contributed by atoms with E-state index in [1.165, 1.54) is 27.4 Å². The number of rotatable bonds is 6. The Morgan fingerprint density at radius 3 is 2.36 bits per heavy atom. The van der Waals surface area contributed by atoms with Gasteiger partial charge in [-0.2, -0.15) is 0 Å².